The Bertz CT molecular complexity index is 553. The van der Waals surface area contributed by atoms with Gasteiger partial charge in [-0.05, 0) is 53.9 Å². The van der Waals surface area contributed by atoms with E-state index in [0.717, 1.165) is 31.0 Å². The highest BCUT2D eigenvalue weighted by Crippen LogP contribution is 2.35. The number of fused-ring (bicyclic) bond motifs is 1. The lowest BCUT2D eigenvalue weighted by atomic mass is 10.1. The SMILES string of the molecule is Cc1c(OC(C)CO)cc2sc(Br)nc2c1C. The number of thiazole rings is 1. The maximum atomic E-state index is 9.03. The van der Waals surface area contributed by atoms with Gasteiger partial charge in [-0.1, -0.05) is 0 Å². The number of aliphatic hydroxyl groups is 1. The van der Waals surface area contributed by atoms with Crippen molar-refractivity contribution < 1.29 is 9.84 Å². The van der Waals surface area contributed by atoms with Crippen LogP contribution in [0.25, 0.3) is 10.2 Å². The molecule has 0 amide bonds. The van der Waals surface area contributed by atoms with Crippen molar-refractivity contribution in [3.63, 3.8) is 0 Å². The highest BCUT2D eigenvalue weighted by atomic mass is 79.9. The fraction of sp³-hybridized carbons (Fsp3) is 0.417. The molecule has 2 rings (SSSR count). The molecule has 92 valence electrons. The summed E-state index contributed by atoms with van der Waals surface area (Å²) in [5.41, 5.74) is 3.23. The van der Waals surface area contributed by atoms with E-state index in [-0.39, 0.29) is 12.7 Å². The quantitative estimate of drug-likeness (QED) is 0.943. The molecule has 1 unspecified atom stereocenters. The highest BCUT2D eigenvalue weighted by Gasteiger charge is 2.13. The highest BCUT2D eigenvalue weighted by molar-refractivity contribution is 9.11. The van der Waals surface area contributed by atoms with E-state index in [1.54, 1.807) is 11.3 Å². The average molecular weight is 316 g/mol. The van der Waals surface area contributed by atoms with Gasteiger partial charge in [-0.3, -0.25) is 0 Å². The maximum absolute atomic E-state index is 9.03. The summed E-state index contributed by atoms with van der Waals surface area (Å²) in [6, 6.07) is 1.99. The molecule has 0 aliphatic carbocycles. The van der Waals surface area contributed by atoms with Crippen LogP contribution in [-0.4, -0.2) is 22.8 Å². The Balaban J connectivity index is 2.53. The number of halogens is 1. The van der Waals surface area contributed by atoms with E-state index >= 15 is 0 Å². The molecule has 5 heteroatoms. The van der Waals surface area contributed by atoms with Crippen molar-refractivity contribution >= 4 is 37.5 Å². The molecule has 0 saturated heterocycles. The van der Waals surface area contributed by atoms with Crippen LogP contribution in [0, 0.1) is 13.8 Å². The number of hydrogen-bond donors (Lipinski definition) is 1. The van der Waals surface area contributed by atoms with E-state index in [1.807, 2.05) is 26.8 Å². The number of ether oxygens (including phenoxy) is 1. The van der Waals surface area contributed by atoms with Gasteiger partial charge in [0.25, 0.3) is 0 Å². The van der Waals surface area contributed by atoms with Crippen LogP contribution >= 0.6 is 27.3 Å². The number of aryl methyl sites for hydroxylation is 1. The molecule has 0 saturated carbocycles. The van der Waals surface area contributed by atoms with Gasteiger partial charge in [0.15, 0.2) is 3.92 Å². The number of nitrogens with zero attached hydrogens (tertiary/aromatic N) is 1. The molecular weight excluding hydrogens is 302 g/mol. The molecule has 1 aromatic carbocycles. The van der Waals surface area contributed by atoms with Gasteiger partial charge in [-0.2, -0.15) is 0 Å². The van der Waals surface area contributed by atoms with Crippen LogP contribution in [0.4, 0.5) is 0 Å². The molecule has 3 nitrogen and oxygen atoms in total. The van der Waals surface area contributed by atoms with E-state index < -0.39 is 0 Å². The number of aromatic nitrogens is 1. The molecule has 0 aliphatic rings. The van der Waals surface area contributed by atoms with Gasteiger partial charge in [0.2, 0.25) is 0 Å². The summed E-state index contributed by atoms with van der Waals surface area (Å²) in [6.45, 7) is 5.92. The molecular formula is C12H14BrNO2S. The zero-order chi connectivity index (χ0) is 12.6. The summed E-state index contributed by atoms with van der Waals surface area (Å²) >= 11 is 4.99. The minimum Gasteiger partial charge on any atom is -0.488 e. The molecule has 0 fully saturated rings. The first-order chi connectivity index (χ1) is 8.02. The van der Waals surface area contributed by atoms with E-state index in [1.165, 1.54) is 0 Å². The molecule has 0 spiro atoms. The van der Waals surface area contributed by atoms with Gasteiger partial charge in [0, 0.05) is 0 Å². The van der Waals surface area contributed by atoms with Gasteiger partial charge >= 0.3 is 0 Å². The molecule has 2 aromatic rings. The van der Waals surface area contributed by atoms with Crippen molar-refractivity contribution in [1.29, 1.82) is 0 Å². The predicted molar refractivity (Wildman–Crippen MR) is 74.0 cm³/mol. The second-order valence-electron chi connectivity index (χ2n) is 4.05. The summed E-state index contributed by atoms with van der Waals surface area (Å²) in [4.78, 5) is 4.44. The van der Waals surface area contributed by atoms with Crippen molar-refractivity contribution in [2.75, 3.05) is 6.61 Å². The van der Waals surface area contributed by atoms with Crippen molar-refractivity contribution in [2.24, 2.45) is 0 Å². The first-order valence-corrected chi connectivity index (χ1v) is 6.97. The number of rotatable bonds is 3. The molecule has 1 atom stereocenters. The van der Waals surface area contributed by atoms with E-state index in [2.05, 4.69) is 20.9 Å². The first kappa shape index (κ1) is 12.8. The van der Waals surface area contributed by atoms with Crippen molar-refractivity contribution in [3.8, 4) is 5.75 Å². The third kappa shape index (κ3) is 2.46. The van der Waals surface area contributed by atoms with Crippen molar-refractivity contribution in [3.05, 3.63) is 21.1 Å². The third-order valence-electron chi connectivity index (χ3n) is 2.76. The van der Waals surface area contributed by atoms with Gasteiger partial charge in [0.05, 0.1) is 16.8 Å². The second-order valence-corrected chi connectivity index (χ2v) is 6.36. The van der Waals surface area contributed by atoms with Crippen LogP contribution in [0.15, 0.2) is 9.98 Å². The molecule has 1 heterocycles. The van der Waals surface area contributed by atoms with Crippen molar-refractivity contribution in [2.45, 2.75) is 26.9 Å². The summed E-state index contributed by atoms with van der Waals surface area (Å²) in [6.07, 6.45) is -0.193. The Labute approximate surface area is 113 Å². The minimum atomic E-state index is -0.193. The van der Waals surface area contributed by atoms with E-state index in [4.69, 9.17) is 9.84 Å². The molecule has 1 aromatic heterocycles. The van der Waals surface area contributed by atoms with Gasteiger partial charge in [0.1, 0.15) is 11.9 Å². The number of hydrogen-bond acceptors (Lipinski definition) is 4. The Morgan fingerprint density at radius 2 is 2.18 bits per heavy atom. The standard InChI is InChI=1S/C12H14BrNO2S/c1-6(5-15)16-9-4-10-11(8(3)7(9)2)14-12(13)17-10/h4,6,15H,5H2,1-3H3. The summed E-state index contributed by atoms with van der Waals surface area (Å²) in [7, 11) is 0. The van der Waals surface area contributed by atoms with Gasteiger partial charge in [-0.15, -0.1) is 11.3 Å². The smallest absolute Gasteiger partial charge is 0.160 e. The summed E-state index contributed by atoms with van der Waals surface area (Å²) in [5, 5.41) is 9.03. The van der Waals surface area contributed by atoms with Crippen LogP contribution in [0.1, 0.15) is 18.1 Å². The lowest BCUT2D eigenvalue weighted by Crippen LogP contribution is -2.16. The van der Waals surface area contributed by atoms with Crippen LogP contribution in [0.2, 0.25) is 0 Å². The number of aliphatic hydroxyl groups excluding tert-OH is 1. The number of benzene rings is 1. The monoisotopic (exact) mass is 315 g/mol. The lowest BCUT2D eigenvalue weighted by Gasteiger charge is -2.15. The van der Waals surface area contributed by atoms with Crippen LogP contribution in [0.5, 0.6) is 5.75 Å². The zero-order valence-electron chi connectivity index (χ0n) is 9.95. The predicted octanol–water partition coefficient (Wildman–Crippen LogP) is 3.44. The molecule has 17 heavy (non-hydrogen) atoms. The van der Waals surface area contributed by atoms with Crippen molar-refractivity contribution in [1.82, 2.24) is 4.98 Å². The molecule has 0 radical (unpaired) electrons. The Hall–Kier alpha value is -0.650. The second kappa shape index (κ2) is 4.92. The molecule has 0 aliphatic heterocycles. The molecule has 1 N–H and O–H groups in total. The normalized spacial score (nSPS) is 13.0. The molecule has 0 bridgehead atoms. The Morgan fingerprint density at radius 1 is 1.47 bits per heavy atom. The topological polar surface area (TPSA) is 42.4 Å². The van der Waals surface area contributed by atoms with Crippen LogP contribution in [-0.2, 0) is 0 Å². The zero-order valence-corrected chi connectivity index (χ0v) is 12.4. The fourth-order valence-electron chi connectivity index (χ4n) is 1.64. The third-order valence-corrected chi connectivity index (χ3v) is 4.22. The van der Waals surface area contributed by atoms with Gasteiger partial charge in [-0.25, -0.2) is 4.98 Å². The van der Waals surface area contributed by atoms with Crippen LogP contribution in [0.3, 0.4) is 0 Å². The van der Waals surface area contributed by atoms with E-state index in [9.17, 15) is 0 Å². The van der Waals surface area contributed by atoms with Crippen LogP contribution < -0.4 is 4.74 Å². The Morgan fingerprint density at radius 3 is 2.82 bits per heavy atom. The largest absolute Gasteiger partial charge is 0.488 e. The lowest BCUT2D eigenvalue weighted by molar-refractivity contribution is 0.129. The summed E-state index contributed by atoms with van der Waals surface area (Å²) in [5.74, 6) is 0.827. The summed E-state index contributed by atoms with van der Waals surface area (Å²) < 4.78 is 7.68. The van der Waals surface area contributed by atoms with Gasteiger partial charge < -0.3 is 9.84 Å². The average Bonchev–Trinajstić information content (AvgIpc) is 2.66. The minimum absolute atomic E-state index is 0.0168. The maximum Gasteiger partial charge on any atom is 0.160 e. The van der Waals surface area contributed by atoms with E-state index in [0.29, 0.717) is 0 Å². The fourth-order valence-corrected chi connectivity index (χ4v) is 3.12. The first-order valence-electron chi connectivity index (χ1n) is 5.36. The Kier molecular flexibility index (Phi) is 3.70.